The summed E-state index contributed by atoms with van der Waals surface area (Å²) in [6, 6.07) is 15.6. The molecule has 2 N–H and O–H groups in total. The van der Waals surface area contributed by atoms with Gasteiger partial charge in [0.1, 0.15) is 11.5 Å². The number of fused-ring (bicyclic) bond motifs is 1. The first-order valence-electron chi connectivity index (χ1n) is 9.66. The highest BCUT2D eigenvalue weighted by atomic mass is 16.5. The van der Waals surface area contributed by atoms with Crippen molar-refractivity contribution in [3.63, 3.8) is 0 Å². The number of ether oxygens (including phenoxy) is 3. The maximum Gasteiger partial charge on any atom is 0.291 e. The number of carbonyl (C=O) groups is 2. The third-order valence-electron chi connectivity index (χ3n) is 4.55. The molecule has 3 aromatic rings. The molecule has 162 valence electrons. The Morgan fingerprint density at radius 2 is 1.78 bits per heavy atom. The van der Waals surface area contributed by atoms with Crippen LogP contribution in [-0.2, 0) is 9.59 Å². The van der Waals surface area contributed by atoms with Gasteiger partial charge in [0.15, 0.2) is 23.0 Å². The summed E-state index contributed by atoms with van der Waals surface area (Å²) in [6.45, 7) is 0. The number of amides is 2. The lowest BCUT2D eigenvalue weighted by Gasteiger charge is -2.19. The lowest BCUT2D eigenvalue weighted by atomic mass is 10.2. The summed E-state index contributed by atoms with van der Waals surface area (Å²) in [4.78, 5) is 24.4. The number of benzene rings is 2. The third kappa shape index (κ3) is 4.65. The largest absolute Gasteiger partial charge is 0.493 e. The van der Waals surface area contributed by atoms with E-state index in [0.717, 1.165) is 0 Å². The van der Waals surface area contributed by atoms with Crippen LogP contribution in [0, 0.1) is 0 Å². The van der Waals surface area contributed by atoms with Crippen molar-refractivity contribution >= 4 is 35.3 Å². The summed E-state index contributed by atoms with van der Waals surface area (Å²) < 4.78 is 21.7. The number of carbonyl (C=O) groups excluding carboxylic acids is 2. The van der Waals surface area contributed by atoms with E-state index in [1.54, 1.807) is 42.5 Å². The second kappa shape index (κ2) is 9.13. The van der Waals surface area contributed by atoms with Gasteiger partial charge in [-0.2, -0.15) is 0 Å². The van der Waals surface area contributed by atoms with Gasteiger partial charge in [0, 0.05) is 23.9 Å². The van der Waals surface area contributed by atoms with Gasteiger partial charge >= 0.3 is 0 Å². The van der Waals surface area contributed by atoms with Gasteiger partial charge in [-0.1, -0.05) is 12.1 Å². The number of methoxy groups -OCH3 is 2. The Kier molecular flexibility index (Phi) is 5.94. The van der Waals surface area contributed by atoms with Crippen molar-refractivity contribution < 1.29 is 28.2 Å². The molecule has 0 unspecified atom stereocenters. The van der Waals surface area contributed by atoms with E-state index < -0.39 is 0 Å². The zero-order chi connectivity index (χ0) is 22.5. The van der Waals surface area contributed by atoms with E-state index in [-0.39, 0.29) is 17.6 Å². The summed E-state index contributed by atoms with van der Waals surface area (Å²) in [5, 5.41) is 5.50. The first-order chi connectivity index (χ1) is 15.6. The van der Waals surface area contributed by atoms with Gasteiger partial charge in [-0.3, -0.25) is 9.59 Å². The molecular weight excluding hydrogens is 412 g/mol. The number of hydrogen-bond acceptors (Lipinski definition) is 6. The molecular formula is C24H20N2O6. The van der Waals surface area contributed by atoms with E-state index in [9.17, 15) is 9.59 Å². The summed E-state index contributed by atoms with van der Waals surface area (Å²) in [5.41, 5.74) is 1.17. The number of nitrogens with one attached hydrogen (secondary N) is 2. The second-order valence-electron chi connectivity index (χ2n) is 6.69. The molecule has 32 heavy (non-hydrogen) atoms. The van der Waals surface area contributed by atoms with E-state index in [2.05, 4.69) is 10.6 Å². The number of para-hydroxylation sites is 2. The number of furan rings is 1. The fourth-order valence-electron chi connectivity index (χ4n) is 3.02. The average Bonchev–Trinajstić information content (AvgIpc) is 3.25. The van der Waals surface area contributed by atoms with Crippen molar-refractivity contribution in [2.24, 2.45) is 0 Å². The molecule has 0 aliphatic carbocycles. The van der Waals surface area contributed by atoms with Crippen molar-refractivity contribution in [2.45, 2.75) is 0 Å². The second-order valence-corrected chi connectivity index (χ2v) is 6.69. The van der Waals surface area contributed by atoms with Crippen LogP contribution in [0.2, 0.25) is 0 Å². The Labute approximate surface area is 184 Å². The molecule has 0 fully saturated rings. The first kappa shape index (κ1) is 20.8. The molecule has 2 heterocycles. The monoisotopic (exact) mass is 432 g/mol. The molecule has 1 aliphatic rings. The fraction of sp³-hybridized carbons (Fsp3) is 0.0833. The lowest BCUT2D eigenvalue weighted by Crippen LogP contribution is -2.23. The normalized spacial score (nSPS) is 13.9. The van der Waals surface area contributed by atoms with Crippen LogP contribution in [0.4, 0.5) is 11.4 Å². The predicted octanol–water partition coefficient (Wildman–Crippen LogP) is 4.32. The van der Waals surface area contributed by atoms with Crippen molar-refractivity contribution in [3.05, 3.63) is 78.0 Å². The minimum absolute atomic E-state index is 0.111. The van der Waals surface area contributed by atoms with Gasteiger partial charge in [0.2, 0.25) is 5.91 Å². The van der Waals surface area contributed by atoms with Crippen LogP contribution in [0.5, 0.6) is 17.2 Å². The van der Waals surface area contributed by atoms with E-state index in [1.165, 1.54) is 32.4 Å². The van der Waals surface area contributed by atoms with E-state index in [4.69, 9.17) is 18.6 Å². The number of rotatable bonds is 6. The summed E-state index contributed by atoms with van der Waals surface area (Å²) in [5.74, 6) is 1.88. The van der Waals surface area contributed by atoms with Crippen LogP contribution in [0.15, 0.2) is 70.8 Å². The van der Waals surface area contributed by atoms with Gasteiger partial charge in [0.25, 0.3) is 5.91 Å². The Balaban J connectivity index is 1.41. The van der Waals surface area contributed by atoms with Crippen molar-refractivity contribution in [1.29, 1.82) is 0 Å². The third-order valence-corrected chi connectivity index (χ3v) is 4.55. The molecule has 1 aliphatic heterocycles. The van der Waals surface area contributed by atoms with Crippen molar-refractivity contribution in [3.8, 4) is 17.2 Å². The maximum absolute atomic E-state index is 12.2. The molecule has 0 saturated heterocycles. The van der Waals surface area contributed by atoms with Crippen LogP contribution >= 0.6 is 0 Å². The van der Waals surface area contributed by atoms with E-state index in [1.807, 2.05) is 12.1 Å². The summed E-state index contributed by atoms with van der Waals surface area (Å²) in [7, 11) is 3.06. The van der Waals surface area contributed by atoms with Gasteiger partial charge < -0.3 is 29.3 Å². The SMILES string of the molecule is COc1ccc(NC(=O)/C=C/c2ccc(/C=C3\Oc4ccccc4NC3=O)o2)cc1OC. The molecule has 0 atom stereocenters. The molecule has 0 bridgehead atoms. The highest BCUT2D eigenvalue weighted by molar-refractivity contribution is 6.08. The Morgan fingerprint density at radius 1 is 1.00 bits per heavy atom. The molecule has 4 rings (SSSR count). The summed E-state index contributed by atoms with van der Waals surface area (Å²) in [6.07, 6.45) is 4.36. The maximum atomic E-state index is 12.2. The Bertz CT molecular complexity index is 1220. The van der Waals surface area contributed by atoms with Crippen LogP contribution in [0.1, 0.15) is 11.5 Å². The molecule has 2 amide bonds. The number of anilines is 2. The first-order valence-corrected chi connectivity index (χ1v) is 9.66. The molecule has 0 saturated carbocycles. The minimum atomic E-state index is -0.369. The highest BCUT2D eigenvalue weighted by Gasteiger charge is 2.21. The summed E-state index contributed by atoms with van der Waals surface area (Å²) >= 11 is 0. The van der Waals surface area contributed by atoms with Crippen LogP contribution < -0.4 is 24.8 Å². The molecule has 8 heteroatoms. The zero-order valence-electron chi connectivity index (χ0n) is 17.4. The van der Waals surface area contributed by atoms with Gasteiger partial charge in [-0.25, -0.2) is 0 Å². The predicted molar refractivity (Wildman–Crippen MR) is 120 cm³/mol. The van der Waals surface area contributed by atoms with Gasteiger partial charge in [-0.05, 0) is 42.5 Å². The fourth-order valence-corrected chi connectivity index (χ4v) is 3.02. The number of hydrogen-bond donors (Lipinski definition) is 2. The van der Waals surface area contributed by atoms with Gasteiger partial charge in [0.05, 0.1) is 19.9 Å². The standard InChI is InChI=1S/C24H20N2O6/c1-29-20-11-7-15(13-21(20)30-2)25-23(27)12-10-16-8-9-17(31-16)14-22-24(28)26-18-5-3-4-6-19(18)32-22/h3-14H,1-2H3,(H,25,27)(H,26,28)/b12-10+,22-14-. The Morgan fingerprint density at radius 3 is 2.59 bits per heavy atom. The molecule has 8 nitrogen and oxygen atoms in total. The van der Waals surface area contributed by atoms with E-state index >= 15 is 0 Å². The molecule has 1 aromatic heterocycles. The van der Waals surface area contributed by atoms with Crippen molar-refractivity contribution in [2.75, 3.05) is 24.9 Å². The Hall–Kier alpha value is -4.46. The van der Waals surface area contributed by atoms with Crippen LogP contribution in [0.3, 0.4) is 0 Å². The molecule has 0 radical (unpaired) electrons. The quantitative estimate of drug-likeness (QED) is 0.563. The van der Waals surface area contributed by atoms with E-state index in [0.29, 0.717) is 40.1 Å². The molecule has 2 aromatic carbocycles. The average molecular weight is 432 g/mol. The minimum Gasteiger partial charge on any atom is -0.493 e. The molecule has 0 spiro atoms. The van der Waals surface area contributed by atoms with Crippen molar-refractivity contribution in [1.82, 2.24) is 0 Å². The topological polar surface area (TPSA) is 99.0 Å². The smallest absolute Gasteiger partial charge is 0.291 e. The highest BCUT2D eigenvalue weighted by Crippen LogP contribution is 2.31. The lowest BCUT2D eigenvalue weighted by molar-refractivity contribution is -0.115. The van der Waals surface area contributed by atoms with Crippen LogP contribution in [-0.4, -0.2) is 26.0 Å². The zero-order valence-corrected chi connectivity index (χ0v) is 17.4. The van der Waals surface area contributed by atoms with Crippen LogP contribution in [0.25, 0.3) is 12.2 Å². The van der Waals surface area contributed by atoms with Gasteiger partial charge in [-0.15, -0.1) is 0 Å².